The second-order valence-corrected chi connectivity index (χ2v) is 1.48. The number of rotatable bonds is 0. The van der Waals surface area contributed by atoms with E-state index in [2.05, 4.69) is 0 Å². The maximum absolute atomic E-state index is 8.69. The van der Waals surface area contributed by atoms with Crippen molar-refractivity contribution < 1.29 is 10.4 Å². The predicted octanol–water partition coefficient (Wildman–Crippen LogP) is -0.481. The van der Waals surface area contributed by atoms with Crippen LogP contribution in [0.3, 0.4) is 0 Å². The van der Waals surface area contributed by atoms with E-state index in [0.29, 0.717) is 12.3 Å². The Labute approximate surface area is 42.2 Å². The van der Waals surface area contributed by atoms with Crippen LogP contribution >= 0.6 is 0 Å². The van der Waals surface area contributed by atoms with E-state index in [-0.39, 0.29) is 0 Å². The Morgan fingerprint density at radius 3 is 2.86 bits per heavy atom. The Morgan fingerprint density at radius 1 is 1.71 bits per heavy atom. The molecular weight excluding hydrogens is 90.1 g/mol. The van der Waals surface area contributed by atoms with Gasteiger partial charge in [-0.1, -0.05) is 0 Å². The van der Waals surface area contributed by atoms with E-state index in [1.54, 1.807) is 6.08 Å². The van der Waals surface area contributed by atoms with Gasteiger partial charge in [-0.3, -0.25) is 0 Å². The topological polar surface area (TPSA) is 36.8 Å². The van der Waals surface area contributed by atoms with Gasteiger partial charge in [0, 0.05) is 0 Å². The fraction of sp³-hybridized carbons (Fsp3) is 0.200. The van der Waals surface area contributed by atoms with Gasteiger partial charge in [-0.25, -0.2) is 0 Å². The second kappa shape index (κ2) is 1.80. The molecule has 0 aromatic heterocycles. The van der Waals surface area contributed by atoms with Crippen molar-refractivity contribution in [2.75, 3.05) is 6.54 Å². The third-order valence-corrected chi connectivity index (χ3v) is 0.863. The van der Waals surface area contributed by atoms with Crippen molar-refractivity contribution in [1.29, 1.82) is 0 Å². The van der Waals surface area contributed by atoms with Gasteiger partial charge in [-0.15, -0.1) is 0 Å². The average molecular weight is 98.1 g/mol. The summed E-state index contributed by atoms with van der Waals surface area (Å²) in [7, 11) is 0. The average Bonchev–Trinajstić information content (AvgIpc) is 1.69. The van der Waals surface area contributed by atoms with Crippen LogP contribution < -0.4 is 5.32 Å². The highest BCUT2D eigenvalue weighted by atomic mass is 16.3. The molecule has 0 spiro atoms. The van der Waals surface area contributed by atoms with Gasteiger partial charge < -0.3 is 10.4 Å². The molecule has 0 bridgehead atoms. The lowest BCUT2D eigenvalue weighted by molar-refractivity contribution is -0.584. The highest BCUT2D eigenvalue weighted by Crippen LogP contribution is 1.84. The molecule has 0 radical (unpaired) electrons. The molecule has 0 aliphatic carbocycles. The molecular formula is C5H8NO+. The molecule has 0 saturated heterocycles. The zero-order chi connectivity index (χ0) is 5.11. The second-order valence-electron chi connectivity index (χ2n) is 1.48. The number of hydrogen-bond acceptors (Lipinski definition) is 1. The Bertz CT molecular complexity index is 115. The van der Waals surface area contributed by atoms with Crippen LogP contribution in [-0.4, -0.2) is 11.7 Å². The van der Waals surface area contributed by atoms with Gasteiger partial charge in [0.15, 0.2) is 0 Å². The normalized spacial score (nSPS) is 19.1. The molecule has 1 rings (SSSR count). The minimum Gasteiger partial charge on any atom is -0.507 e. The molecule has 0 saturated carbocycles. The van der Waals surface area contributed by atoms with Crippen molar-refractivity contribution in [3.05, 3.63) is 24.1 Å². The molecule has 0 amide bonds. The molecule has 0 unspecified atom stereocenters. The summed E-state index contributed by atoms with van der Waals surface area (Å²) in [6, 6.07) is 0. The van der Waals surface area contributed by atoms with Crippen LogP contribution in [0.1, 0.15) is 0 Å². The monoisotopic (exact) mass is 98.1 g/mol. The Morgan fingerprint density at radius 2 is 2.57 bits per heavy atom. The first-order chi connectivity index (χ1) is 3.39. The van der Waals surface area contributed by atoms with Crippen LogP contribution in [0.25, 0.3) is 0 Å². The van der Waals surface area contributed by atoms with Crippen molar-refractivity contribution in [3.8, 4) is 0 Å². The minimum atomic E-state index is 0.447. The Kier molecular flexibility index (Phi) is 1.13. The molecule has 0 atom stereocenters. The summed E-state index contributed by atoms with van der Waals surface area (Å²) >= 11 is 0. The standard InChI is InChI=1S/C5H7NO/c7-5-2-1-3-6-4-5/h1-3,6-7H,4H2/p+1. The van der Waals surface area contributed by atoms with E-state index in [9.17, 15) is 0 Å². The Balaban J connectivity index is 2.57. The minimum absolute atomic E-state index is 0.447. The fourth-order valence-electron chi connectivity index (χ4n) is 0.502. The highest BCUT2D eigenvalue weighted by molar-refractivity contribution is 5.06. The molecule has 0 aromatic carbocycles. The molecule has 1 heterocycles. The van der Waals surface area contributed by atoms with Crippen molar-refractivity contribution in [2.45, 2.75) is 0 Å². The zero-order valence-corrected chi connectivity index (χ0v) is 3.96. The van der Waals surface area contributed by atoms with Gasteiger partial charge in [-0.05, 0) is 12.2 Å². The SMILES string of the molecule is OC1=CC=C[NH2+]C1. The summed E-state index contributed by atoms with van der Waals surface area (Å²) in [5.74, 6) is 0.447. The molecule has 7 heavy (non-hydrogen) atoms. The fourth-order valence-corrected chi connectivity index (χ4v) is 0.502. The lowest BCUT2D eigenvalue weighted by Gasteiger charge is -1.96. The van der Waals surface area contributed by atoms with Crippen LogP contribution in [-0.2, 0) is 0 Å². The van der Waals surface area contributed by atoms with E-state index in [4.69, 9.17) is 5.11 Å². The first-order valence-electron chi connectivity index (χ1n) is 2.27. The number of aliphatic hydroxyl groups excluding tert-OH is 1. The third-order valence-electron chi connectivity index (χ3n) is 0.863. The summed E-state index contributed by atoms with van der Waals surface area (Å²) in [5.41, 5.74) is 0. The van der Waals surface area contributed by atoms with Crippen molar-refractivity contribution >= 4 is 0 Å². The summed E-state index contributed by atoms with van der Waals surface area (Å²) in [4.78, 5) is 0. The predicted molar refractivity (Wildman–Crippen MR) is 26.6 cm³/mol. The van der Waals surface area contributed by atoms with E-state index in [1.165, 1.54) is 0 Å². The van der Waals surface area contributed by atoms with Gasteiger partial charge in [-0.2, -0.15) is 0 Å². The van der Waals surface area contributed by atoms with E-state index >= 15 is 0 Å². The molecule has 0 fully saturated rings. The highest BCUT2D eigenvalue weighted by Gasteiger charge is 1.94. The molecule has 1 aliphatic heterocycles. The molecule has 3 N–H and O–H groups in total. The van der Waals surface area contributed by atoms with E-state index in [1.807, 2.05) is 17.6 Å². The smallest absolute Gasteiger partial charge is 0.147 e. The molecule has 2 heteroatoms. The number of nitrogens with two attached hydrogens (primary N) is 1. The van der Waals surface area contributed by atoms with Gasteiger partial charge >= 0.3 is 0 Å². The lowest BCUT2D eigenvalue weighted by Crippen LogP contribution is -2.79. The third kappa shape index (κ3) is 1.05. The summed E-state index contributed by atoms with van der Waals surface area (Å²) < 4.78 is 0. The summed E-state index contributed by atoms with van der Waals surface area (Å²) in [5, 5.41) is 10.6. The number of aliphatic hydroxyl groups is 1. The largest absolute Gasteiger partial charge is 0.507 e. The first kappa shape index (κ1) is 4.40. The van der Waals surface area contributed by atoms with Crippen molar-refractivity contribution in [2.24, 2.45) is 0 Å². The van der Waals surface area contributed by atoms with Crippen LogP contribution in [0.5, 0.6) is 0 Å². The summed E-state index contributed by atoms with van der Waals surface area (Å²) in [6.07, 6.45) is 5.43. The number of allylic oxidation sites excluding steroid dienone is 2. The van der Waals surface area contributed by atoms with Crippen LogP contribution in [0.2, 0.25) is 0 Å². The molecule has 38 valence electrons. The number of quaternary nitrogens is 1. The molecule has 1 aliphatic rings. The van der Waals surface area contributed by atoms with Gasteiger partial charge in [0.25, 0.3) is 0 Å². The zero-order valence-electron chi connectivity index (χ0n) is 3.96. The van der Waals surface area contributed by atoms with Crippen LogP contribution in [0.4, 0.5) is 0 Å². The molecule has 0 aromatic rings. The Hall–Kier alpha value is -0.760. The number of hydrogen-bond donors (Lipinski definition) is 2. The first-order valence-corrected chi connectivity index (χ1v) is 2.27. The van der Waals surface area contributed by atoms with E-state index < -0.39 is 0 Å². The quantitative estimate of drug-likeness (QED) is 0.422. The van der Waals surface area contributed by atoms with Crippen LogP contribution in [0, 0.1) is 0 Å². The van der Waals surface area contributed by atoms with E-state index in [0.717, 1.165) is 0 Å². The van der Waals surface area contributed by atoms with Crippen molar-refractivity contribution in [3.63, 3.8) is 0 Å². The van der Waals surface area contributed by atoms with Gasteiger partial charge in [0.05, 0.1) is 6.20 Å². The lowest BCUT2D eigenvalue weighted by atomic mass is 10.4. The molecule has 2 nitrogen and oxygen atoms in total. The maximum atomic E-state index is 8.69. The van der Waals surface area contributed by atoms with Gasteiger partial charge in [0.1, 0.15) is 12.3 Å². The summed E-state index contributed by atoms with van der Waals surface area (Å²) in [6.45, 7) is 0.691. The van der Waals surface area contributed by atoms with Crippen LogP contribution in [0.15, 0.2) is 24.1 Å². The van der Waals surface area contributed by atoms with Crippen molar-refractivity contribution in [1.82, 2.24) is 0 Å². The maximum Gasteiger partial charge on any atom is 0.147 e. The van der Waals surface area contributed by atoms with Gasteiger partial charge in [0.2, 0.25) is 0 Å².